The summed E-state index contributed by atoms with van der Waals surface area (Å²) in [6.45, 7) is 3.79. The average Bonchev–Trinajstić information content (AvgIpc) is 2.61. The van der Waals surface area contributed by atoms with Gasteiger partial charge in [0.05, 0.1) is 0 Å². The number of carbonyl (C=O) groups excluding carboxylic acids is 1. The van der Waals surface area contributed by atoms with E-state index in [9.17, 15) is 9.59 Å². The summed E-state index contributed by atoms with van der Waals surface area (Å²) in [6.07, 6.45) is 0.736. The van der Waals surface area contributed by atoms with Gasteiger partial charge in [0.1, 0.15) is 11.3 Å². The molecule has 6 heteroatoms. The number of hydrogen-bond donors (Lipinski definition) is 1. The first-order chi connectivity index (χ1) is 12.5. The second kappa shape index (κ2) is 7.90. The van der Waals surface area contributed by atoms with Gasteiger partial charge in [0.2, 0.25) is 0 Å². The minimum Gasteiger partial charge on any atom is -0.484 e. The zero-order valence-electron chi connectivity index (χ0n) is 14.5. The molecule has 0 aliphatic rings. The standard InChI is InChI=1S/C20H18INO4/c1-3-13-9-20(24)26-18-10-15(5-6-16(13)18)25-11-19(23)22-17-7-4-14(21)8-12(17)2/h4-10H,3,11H2,1-2H3,(H,22,23). The third-order valence-corrected chi connectivity index (χ3v) is 4.69. The maximum atomic E-state index is 12.1. The van der Waals surface area contributed by atoms with Crippen molar-refractivity contribution in [2.24, 2.45) is 0 Å². The molecular weight excluding hydrogens is 445 g/mol. The molecule has 2 aromatic carbocycles. The molecule has 0 atom stereocenters. The van der Waals surface area contributed by atoms with Crippen molar-refractivity contribution in [2.45, 2.75) is 20.3 Å². The highest BCUT2D eigenvalue weighted by Gasteiger charge is 2.09. The van der Waals surface area contributed by atoms with Gasteiger partial charge in [-0.2, -0.15) is 0 Å². The van der Waals surface area contributed by atoms with Gasteiger partial charge in [0.25, 0.3) is 5.91 Å². The minimum absolute atomic E-state index is 0.130. The van der Waals surface area contributed by atoms with E-state index in [4.69, 9.17) is 9.15 Å². The van der Waals surface area contributed by atoms with Gasteiger partial charge in [0.15, 0.2) is 6.61 Å². The Balaban J connectivity index is 1.71. The predicted molar refractivity (Wildman–Crippen MR) is 110 cm³/mol. The molecule has 26 heavy (non-hydrogen) atoms. The lowest BCUT2D eigenvalue weighted by molar-refractivity contribution is -0.118. The summed E-state index contributed by atoms with van der Waals surface area (Å²) < 4.78 is 11.9. The first-order valence-electron chi connectivity index (χ1n) is 8.22. The Morgan fingerprint density at radius 2 is 2.00 bits per heavy atom. The van der Waals surface area contributed by atoms with Gasteiger partial charge >= 0.3 is 5.63 Å². The monoisotopic (exact) mass is 463 g/mol. The van der Waals surface area contributed by atoms with E-state index in [1.165, 1.54) is 6.07 Å². The molecule has 0 spiro atoms. The number of anilines is 1. The Kier molecular flexibility index (Phi) is 5.61. The van der Waals surface area contributed by atoms with Crippen molar-refractivity contribution in [2.75, 3.05) is 11.9 Å². The zero-order valence-corrected chi connectivity index (χ0v) is 16.6. The van der Waals surface area contributed by atoms with E-state index >= 15 is 0 Å². The number of fused-ring (bicyclic) bond motifs is 1. The number of hydrogen-bond acceptors (Lipinski definition) is 4. The van der Waals surface area contributed by atoms with Gasteiger partial charge in [-0.05, 0) is 77.4 Å². The fourth-order valence-corrected chi connectivity index (χ4v) is 3.34. The van der Waals surface area contributed by atoms with Crippen LogP contribution in [0.25, 0.3) is 11.0 Å². The molecule has 0 saturated heterocycles. The number of ether oxygens (including phenoxy) is 1. The fourth-order valence-electron chi connectivity index (χ4n) is 2.70. The highest BCUT2D eigenvalue weighted by atomic mass is 127. The summed E-state index contributed by atoms with van der Waals surface area (Å²) in [5.41, 5.74) is 2.75. The number of rotatable bonds is 5. The van der Waals surface area contributed by atoms with Crippen molar-refractivity contribution < 1.29 is 13.9 Å². The van der Waals surface area contributed by atoms with Crippen LogP contribution >= 0.6 is 22.6 Å². The van der Waals surface area contributed by atoms with Crippen molar-refractivity contribution in [1.29, 1.82) is 0 Å². The van der Waals surface area contributed by atoms with E-state index in [1.54, 1.807) is 12.1 Å². The highest BCUT2D eigenvalue weighted by Crippen LogP contribution is 2.23. The normalized spacial score (nSPS) is 10.7. The average molecular weight is 463 g/mol. The van der Waals surface area contributed by atoms with E-state index in [0.717, 1.165) is 32.2 Å². The molecular formula is C20H18INO4. The second-order valence-corrected chi connectivity index (χ2v) is 7.14. The molecule has 3 aromatic rings. The lowest BCUT2D eigenvalue weighted by Gasteiger charge is -2.10. The van der Waals surface area contributed by atoms with Crippen LogP contribution < -0.4 is 15.7 Å². The maximum absolute atomic E-state index is 12.1. The summed E-state index contributed by atoms with van der Waals surface area (Å²) in [7, 11) is 0. The van der Waals surface area contributed by atoms with Crippen LogP contribution in [0.1, 0.15) is 18.1 Å². The van der Waals surface area contributed by atoms with Crippen LogP contribution in [-0.4, -0.2) is 12.5 Å². The Labute approximate surface area is 164 Å². The molecule has 0 aliphatic heterocycles. The van der Waals surface area contributed by atoms with Gasteiger partial charge in [-0.15, -0.1) is 0 Å². The lowest BCUT2D eigenvalue weighted by atomic mass is 10.1. The number of carbonyl (C=O) groups is 1. The van der Waals surface area contributed by atoms with Crippen LogP contribution in [0.2, 0.25) is 0 Å². The van der Waals surface area contributed by atoms with Gasteiger partial charge in [0, 0.05) is 26.8 Å². The zero-order chi connectivity index (χ0) is 18.7. The van der Waals surface area contributed by atoms with Gasteiger partial charge in [-0.3, -0.25) is 4.79 Å². The van der Waals surface area contributed by atoms with Crippen molar-refractivity contribution in [3.05, 3.63) is 67.6 Å². The van der Waals surface area contributed by atoms with Crippen LogP contribution in [0.5, 0.6) is 5.75 Å². The Hall–Kier alpha value is -2.35. The minimum atomic E-state index is -0.390. The highest BCUT2D eigenvalue weighted by molar-refractivity contribution is 14.1. The third kappa shape index (κ3) is 4.24. The molecule has 134 valence electrons. The summed E-state index contributed by atoms with van der Waals surface area (Å²) >= 11 is 2.23. The third-order valence-electron chi connectivity index (χ3n) is 4.02. The molecule has 0 aliphatic carbocycles. The molecule has 5 nitrogen and oxygen atoms in total. The van der Waals surface area contributed by atoms with E-state index in [2.05, 4.69) is 27.9 Å². The predicted octanol–water partition coefficient (Wildman–Crippen LogP) is 4.29. The Morgan fingerprint density at radius 1 is 1.19 bits per heavy atom. The van der Waals surface area contributed by atoms with Crippen LogP contribution in [0.3, 0.4) is 0 Å². The van der Waals surface area contributed by atoms with E-state index in [-0.39, 0.29) is 12.5 Å². The van der Waals surface area contributed by atoms with Crippen LogP contribution in [-0.2, 0) is 11.2 Å². The van der Waals surface area contributed by atoms with E-state index in [0.29, 0.717) is 11.3 Å². The summed E-state index contributed by atoms with van der Waals surface area (Å²) in [5, 5.41) is 3.71. The Bertz CT molecular complexity index is 1030. The molecule has 0 fully saturated rings. The summed E-state index contributed by atoms with van der Waals surface area (Å²) in [4.78, 5) is 23.8. The van der Waals surface area contributed by atoms with Crippen molar-refractivity contribution in [1.82, 2.24) is 0 Å². The molecule has 3 rings (SSSR count). The summed E-state index contributed by atoms with van der Waals surface area (Å²) in [6, 6.07) is 12.5. The molecule has 1 heterocycles. The molecule has 0 unspecified atom stereocenters. The first-order valence-corrected chi connectivity index (χ1v) is 9.29. The SMILES string of the molecule is CCc1cc(=O)oc2cc(OCC(=O)Nc3ccc(I)cc3C)ccc12. The van der Waals surface area contributed by atoms with Crippen LogP contribution in [0, 0.1) is 10.5 Å². The first kappa shape index (κ1) is 18.4. The van der Waals surface area contributed by atoms with Crippen LogP contribution in [0.15, 0.2) is 51.7 Å². The topological polar surface area (TPSA) is 68.5 Å². The fraction of sp³-hybridized carbons (Fsp3) is 0.200. The Morgan fingerprint density at radius 3 is 2.73 bits per heavy atom. The van der Waals surface area contributed by atoms with E-state index in [1.807, 2.05) is 38.1 Å². The molecule has 1 aromatic heterocycles. The van der Waals surface area contributed by atoms with Crippen molar-refractivity contribution in [3.8, 4) is 5.75 Å². The largest absolute Gasteiger partial charge is 0.484 e. The van der Waals surface area contributed by atoms with Crippen molar-refractivity contribution in [3.63, 3.8) is 0 Å². The van der Waals surface area contributed by atoms with Gasteiger partial charge in [-0.25, -0.2) is 4.79 Å². The molecule has 0 radical (unpaired) electrons. The smallest absolute Gasteiger partial charge is 0.336 e. The number of aryl methyl sites for hydroxylation is 2. The molecule has 1 N–H and O–H groups in total. The lowest BCUT2D eigenvalue weighted by Crippen LogP contribution is -2.20. The quantitative estimate of drug-likeness (QED) is 0.453. The number of nitrogens with one attached hydrogen (secondary N) is 1. The summed E-state index contributed by atoms with van der Waals surface area (Å²) in [5.74, 6) is 0.224. The number of amides is 1. The van der Waals surface area contributed by atoms with Crippen molar-refractivity contribution >= 4 is 45.2 Å². The molecule has 1 amide bonds. The van der Waals surface area contributed by atoms with E-state index < -0.39 is 5.63 Å². The molecule has 0 bridgehead atoms. The van der Waals surface area contributed by atoms with Crippen LogP contribution in [0.4, 0.5) is 5.69 Å². The number of halogens is 1. The second-order valence-electron chi connectivity index (χ2n) is 5.90. The maximum Gasteiger partial charge on any atom is 0.336 e. The van der Waals surface area contributed by atoms with Gasteiger partial charge in [-0.1, -0.05) is 6.92 Å². The van der Waals surface area contributed by atoms with Gasteiger partial charge < -0.3 is 14.5 Å². The number of benzene rings is 2. The molecule has 0 saturated carbocycles.